The predicted octanol–water partition coefficient (Wildman–Crippen LogP) is 2.54. The molecule has 0 bridgehead atoms. The van der Waals surface area contributed by atoms with Gasteiger partial charge in [-0.25, -0.2) is 4.39 Å². The minimum Gasteiger partial charge on any atom is -0.383 e. The highest BCUT2D eigenvalue weighted by Gasteiger charge is 2.25. The van der Waals surface area contributed by atoms with Crippen LogP contribution < -0.4 is 0 Å². The Morgan fingerprint density at radius 1 is 1.48 bits per heavy atom. The number of ether oxygens (including phenoxy) is 1. The number of carbonyl (C=O) groups is 1. The number of benzene rings is 1. The van der Waals surface area contributed by atoms with Crippen LogP contribution in [-0.2, 0) is 4.74 Å². The average molecular weight is 298 g/mol. The number of methoxy groups -OCH3 is 1. The molecule has 1 aromatic carbocycles. The van der Waals surface area contributed by atoms with Gasteiger partial charge in [0.15, 0.2) is 0 Å². The molecule has 0 unspecified atom stereocenters. The quantitative estimate of drug-likeness (QED) is 0.597. The van der Waals surface area contributed by atoms with Crippen molar-refractivity contribution < 1.29 is 18.8 Å². The average Bonchev–Trinajstić information content (AvgIpc) is 2.41. The van der Waals surface area contributed by atoms with Crippen molar-refractivity contribution in [1.29, 1.82) is 0 Å². The first-order valence-electron chi connectivity index (χ1n) is 6.54. The number of nitrogens with zero attached hydrogens (tertiary/aromatic N) is 2. The SMILES string of the molecule is COCCN(C(=O)c1cc([N+](=O)[O-])cc(C)c1F)C(C)C. The lowest BCUT2D eigenvalue weighted by Gasteiger charge is -2.26. The van der Waals surface area contributed by atoms with Gasteiger partial charge in [0, 0.05) is 31.8 Å². The Morgan fingerprint density at radius 3 is 2.57 bits per heavy atom. The van der Waals surface area contributed by atoms with Gasteiger partial charge in [-0.3, -0.25) is 14.9 Å². The fourth-order valence-electron chi connectivity index (χ4n) is 1.95. The second kappa shape index (κ2) is 7.12. The Morgan fingerprint density at radius 2 is 2.10 bits per heavy atom. The molecule has 7 heteroatoms. The number of nitro groups is 1. The first-order chi connectivity index (χ1) is 9.79. The van der Waals surface area contributed by atoms with Crippen molar-refractivity contribution in [1.82, 2.24) is 4.90 Å². The molecule has 1 amide bonds. The van der Waals surface area contributed by atoms with E-state index < -0.39 is 16.6 Å². The molecule has 0 saturated carbocycles. The molecule has 6 nitrogen and oxygen atoms in total. The van der Waals surface area contributed by atoms with Crippen LogP contribution in [0.1, 0.15) is 29.8 Å². The third-order valence-electron chi connectivity index (χ3n) is 3.10. The number of carbonyl (C=O) groups excluding carboxylic acids is 1. The number of rotatable bonds is 6. The number of amides is 1. The van der Waals surface area contributed by atoms with Crippen molar-refractivity contribution in [2.75, 3.05) is 20.3 Å². The molecule has 116 valence electrons. The molecule has 0 N–H and O–H groups in total. The van der Waals surface area contributed by atoms with E-state index in [0.29, 0.717) is 6.61 Å². The zero-order chi connectivity index (χ0) is 16.2. The maximum absolute atomic E-state index is 14.1. The van der Waals surface area contributed by atoms with Gasteiger partial charge >= 0.3 is 0 Å². The molecule has 0 radical (unpaired) electrons. The number of hydrogen-bond donors (Lipinski definition) is 0. The molecule has 0 atom stereocenters. The van der Waals surface area contributed by atoms with Crippen molar-refractivity contribution in [2.45, 2.75) is 26.8 Å². The summed E-state index contributed by atoms with van der Waals surface area (Å²) in [5.74, 6) is -1.31. The summed E-state index contributed by atoms with van der Waals surface area (Å²) in [4.78, 5) is 24.1. The highest BCUT2D eigenvalue weighted by atomic mass is 19.1. The van der Waals surface area contributed by atoms with Gasteiger partial charge in [-0.15, -0.1) is 0 Å². The van der Waals surface area contributed by atoms with E-state index >= 15 is 0 Å². The molecular weight excluding hydrogens is 279 g/mol. The first-order valence-corrected chi connectivity index (χ1v) is 6.54. The summed E-state index contributed by atoms with van der Waals surface area (Å²) in [6.07, 6.45) is 0. The zero-order valence-electron chi connectivity index (χ0n) is 12.6. The molecule has 1 aromatic rings. The minimum atomic E-state index is -0.728. The molecule has 0 heterocycles. The lowest BCUT2D eigenvalue weighted by Crippen LogP contribution is -2.39. The highest BCUT2D eigenvalue weighted by molar-refractivity contribution is 5.95. The van der Waals surface area contributed by atoms with Crippen molar-refractivity contribution in [3.63, 3.8) is 0 Å². The van der Waals surface area contributed by atoms with Crippen molar-refractivity contribution in [2.24, 2.45) is 0 Å². The van der Waals surface area contributed by atoms with Crippen LogP contribution in [0.5, 0.6) is 0 Å². The normalized spacial score (nSPS) is 10.8. The third-order valence-corrected chi connectivity index (χ3v) is 3.10. The Kier molecular flexibility index (Phi) is 5.78. The van der Waals surface area contributed by atoms with E-state index in [1.807, 2.05) is 0 Å². The predicted molar refractivity (Wildman–Crippen MR) is 75.8 cm³/mol. The topological polar surface area (TPSA) is 72.7 Å². The van der Waals surface area contributed by atoms with Crippen LogP contribution in [0.2, 0.25) is 0 Å². The van der Waals surface area contributed by atoms with Gasteiger partial charge < -0.3 is 9.64 Å². The molecular formula is C14H19FN2O4. The maximum atomic E-state index is 14.1. The number of non-ortho nitro benzene ring substituents is 1. The van der Waals surface area contributed by atoms with Crippen LogP contribution in [-0.4, -0.2) is 42.0 Å². The highest BCUT2D eigenvalue weighted by Crippen LogP contribution is 2.23. The number of hydrogen-bond acceptors (Lipinski definition) is 4. The summed E-state index contributed by atoms with van der Waals surface area (Å²) >= 11 is 0. The largest absolute Gasteiger partial charge is 0.383 e. The van der Waals surface area contributed by atoms with Crippen LogP contribution in [0.4, 0.5) is 10.1 Å². The van der Waals surface area contributed by atoms with E-state index in [1.165, 1.54) is 18.9 Å². The Labute approximate surface area is 122 Å². The second-order valence-electron chi connectivity index (χ2n) is 4.97. The molecule has 0 aliphatic rings. The fourth-order valence-corrected chi connectivity index (χ4v) is 1.95. The van der Waals surface area contributed by atoms with Gasteiger partial charge in [0.2, 0.25) is 0 Å². The summed E-state index contributed by atoms with van der Waals surface area (Å²) in [6.45, 7) is 5.56. The van der Waals surface area contributed by atoms with Gasteiger partial charge in [-0.2, -0.15) is 0 Å². The molecule has 0 aliphatic carbocycles. The van der Waals surface area contributed by atoms with Crippen LogP contribution in [0.25, 0.3) is 0 Å². The van der Waals surface area contributed by atoms with Crippen molar-refractivity contribution in [3.8, 4) is 0 Å². The monoisotopic (exact) mass is 298 g/mol. The Bertz CT molecular complexity index is 546. The third kappa shape index (κ3) is 3.98. The first kappa shape index (κ1) is 17.0. The second-order valence-corrected chi connectivity index (χ2v) is 4.97. The van der Waals surface area contributed by atoms with Gasteiger partial charge in [0.25, 0.3) is 11.6 Å². The molecule has 0 fully saturated rings. The van der Waals surface area contributed by atoms with Gasteiger partial charge in [0.05, 0.1) is 17.1 Å². The van der Waals surface area contributed by atoms with Crippen LogP contribution in [0.15, 0.2) is 12.1 Å². The number of nitro benzene ring substituents is 1. The van der Waals surface area contributed by atoms with E-state index in [-0.39, 0.29) is 29.4 Å². The summed E-state index contributed by atoms with van der Waals surface area (Å²) in [6, 6.07) is 1.92. The molecule has 0 aliphatic heterocycles. The lowest BCUT2D eigenvalue weighted by atomic mass is 10.1. The molecule has 1 rings (SSSR count). The number of halogens is 1. The van der Waals surface area contributed by atoms with Crippen LogP contribution >= 0.6 is 0 Å². The van der Waals surface area contributed by atoms with Crippen LogP contribution in [0.3, 0.4) is 0 Å². The molecule has 0 saturated heterocycles. The lowest BCUT2D eigenvalue weighted by molar-refractivity contribution is -0.385. The smallest absolute Gasteiger partial charge is 0.270 e. The zero-order valence-corrected chi connectivity index (χ0v) is 12.6. The van der Waals surface area contributed by atoms with Crippen molar-refractivity contribution >= 4 is 11.6 Å². The summed E-state index contributed by atoms with van der Waals surface area (Å²) < 4.78 is 19.1. The van der Waals surface area contributed by atoms with E-state index in [0.717, 1.165) is 12.1 Å². The maximum Gasteiger partial charge on any atom is 0.270 e. The molecule has 0 spiro atoms. The standard InChI is InChI=1S/C14H19FN2O4/c1-9(2)16(5-6-21-4)14(18)12-8-11(17(19)20)7-10(3)13(12)15/h7-9H,5-6H2,1-4H3. The summed E-state index contributed by atoms with van der Waals surface area (Å²) in [7, 11) is 1.50. The van der Waals surface area contributed by atoms with E-state index in [9.17, 15) is 19.3 Å². The van der Waals surface area contributed by atoms with Crippen LogP contribution in [0, 0.1) is 22.9 Å². The summed E-state index contributed by atoms with van der Waals surface area (Å²) in [5.41, 5.74) is -0.512. The van der Waals surface area contributed by atoms with Crippen molar-refractivity contribution in [3.05, 3.63) is 39.2 Å². The van der Waals surface area contributed by atoms with Gasteiger partial charge in [0.1, 0.15) is 5.82 Å². The summed E-state index contributed by atoms with van der Waals surface area (Å²) in [5, 5.41) is 10.9. The number of aryl methyl sites for hydroxylation is 1. The minimum absolute atomic E-state index is 0.0722. The molecule has 21 heavy (non-hydrogen) atoms. The Hall–Kier alpha value is -2.02. The van der Waals surface area contributed by atoms with E-state index in [4.69, 9.17) is 4.74 Å². The van der Waals surface area contributed by atoms with Gasteiger partial charge in [-0.1, -0.05) is 0 Å². The Balaban J connectivity index is 3.23. The molecule has 0 aromatic heterocycles. The van der Waals surface area contributed by atoms with Gasteiger partial charge in [-0.05, 0) is 26.3 Å². The van der Waals surface area contributed by atoms with E-state index in [2.05, 4.69) is 0 Å². The van der Waals surface area contributed by atoms with E-state index in [1.54, 1.807) is 13.8 Å². The fraction of sp³-hybridized carbons (Fsp3) is 0.500.